The molecule has 1 aliphatic rings. The molecule has 0 aromatic heterocycles. The molecule has 176 valence electrons. The van der Waals surface area contributed by atoms with Gasteiger partial charge in [-0.1, -0.05) is 57.9 Å². The first-order chi connectivity index (χ1) is 15.2. The molecule has 0 saturated carbocycles. The van der Waals surface area contributed by atoms with Gasteiger partial charge in [-0.2, -0.15) is 0 Å². The van der Waals surface area contributed by atoms with Gasteiger partial charge in [-0.25, -0.2) is 8.42 Å². The Kier molecular flexibility index (Phi) is 8.70. The van der Waals surface area contributed by atoms with E-state index in [9.17, 15) is 18.2 Å². The number of anilines is 1. The van der Waals surface area contributed by atoms with Crippen LogP contribution in [0.4, 0.5) is 5.69 Å². The van der Waals surface area contributed by atoms with Crippen molar-refractivity contribution in [2.24, 2.45) is 5.92 Å². The van der Waals surface area contributed by atoms with Gasteiger partial charge in [0.25, 0.3) is 0 Å². The van der Waals surface area contributed by atoms with E-state index < -0.39 is 18.4 Å². The summed E-state index contributed by atoms with van der Waals surface area (Å²) >= 11 is 0. The molecule has 0 amide bonds. The van der Waals surface area contributed by atoms with E-state index in [0.717, 1.165) is 30.4 Å². The lowest BCUT2D eigenvalue weighted by Gasteiger charge is -2.28. The van der Waals surface area contributed by atoms with Gasteiger partial charge in [-0.3, -0.25) is 4.31 Å². The Labute approximate surface area is 193 Å². The fourth-order valence-corrected chi connectivity index (χ4v) is 6.92. The Balaban J connectivity index is 1.82. The van der Waals surface area contributed by atoms with Gasteiger partial charge < -0.3 is 14.5 Å². The Hall–Kier alpha value is -1.50. The van der Waals surface area contributed by atoms with Crippen LogP contribution >= 0.6 is 8.38 Å². The number of rotatable bonds is 10. The summed E-state index contributed by atoms with van der Waals surface area (Å²) in [4.78, 5) is 18.9. The van der Waals surface area contributed by atoms with Crippen molar-refractivity contribution in [3.63, 3.8) is 0 Å². The first kappa shape index (κ1) is 25.1. The molecule has 6 nitrogen and oxygen atoms in total. The highest BCUT2D eigenvalue weighted by Gasteiger charge is 2.44. The molecule has 0 aliphatic carbocycles. The maximum Gasteiger partial charge on any atom is 0.235 e. The monoisotopic (exact) mass is 479 g/mol. The summed E-state index contributed by atoms with van der Waals surface area (Å²) in [5, 5.41) is 0.470. The fourth-order valence-electron chi connectivity index (χ4n) is 4.25. The normalized spacial score (nSPS) is 20.4. The number of nitrogens with zero attached hydrogens (tertiary/aromatic N) is 1. The molecule has 1 heterocycles. The molecule has 3 rings (SSSR count). The number of ether oxygens (including phenoxy) is 1. The van der Waals surface area contributed by atoms with Crippen molar-refractivity contribution < 1.29 is 22.9 Å². The second-order valence-electron chi connectivity index (χ2n) is 8.77. The third-order valence-corrected chi connectivity index (χ3v) is 8.66. The van der Waals surface area contributed by atoms with Crippen LogP contribution in [-0.2, 0) is 21.4 Å². The van der Waals surface area contributed by atoms with Crippen LogP contribution < -0.4 is 9.61 Å². The molecule has 2 aromatic carbocycles. The summed E-state index contributed by atoms with van der Waals surface area (Å²) < 4.78 is 34.0. The van der Waals surface area contributed by atoms with E-state index in [1.165, 1.54) is 0 Å². The van der Waals surface area contributed by atoms with Gasteiger partial charge in [-0.15, -0.1) is 0 Å². The number of unbranched alkanes of at least 4 members (excludes halogenated alkanes) is 1. The molecule has 0 spiro atoms. The molecule has 2 unspecified atom stereocenters. The summed E-state index contributed by atoms with van der Waals surface area (Å²) in [6.45, 7) is 6.88. The molecule has 1 saturated heterocycles. The second kappa shape index (κ2) is 11.1. The van der Waals surface area contributed by atoms with Gasteiger partial charge in [0.1, 0.15) is 0 Å². The summed E-state index contributed by atoms with van der Waals surface area (Å²) in [5.74, 6) is 0.459. The molecule has 0 bridgehead atoms. The quantitative estimate of drug-likeness (QED) is 0.497. The average Bonchev–Trinajstić information content (AvgIpc) is 3.01. The standard InChI is InChI=1S/C24H34NO5PS/c1-4-5-9-21-17-32(28,29)25(22-11-7-10-20(14-22)18(2)3)24(21)16-30-15-19-8-6-12-23(13-19)31(26)27/h6-8,10-14,18,21,24,26-27H,4-5,9,15-17H2,1-3H3. The van der Waals surface area contributed by atoms with Crippen LogP contribution in [-0.4, -0.2) is 36.6 Å². The molecule has 2 N–H and O–H groups in total. The van der Waals surface area contributed by atoms with Crippen molar-refractivity contribution in [3.8, 4) is 0 Å². The van der Waals surface area contributed by atoms with Crippen LogP contribution in [0.25, 0.3) is 0 Å². The number of hydrogen-bond acceptors (Lipinski definition) is 5. The third-order valence-electron chi connectivity index (χ3n) is 5.99. The lowest BCUT2D eigenvalue weighted by molar-refractivity contribution is 0.0981. The van der Waals surface area contributed by atoms with E-state index in [1.807, 2.05) is 30.3 Å². The van der Waals surface area contributed by atoms with E-state index >= 15 is 0 Å². The minimum atomic E-state index is -3.43. The summed E-state index contributed by atoms with van der Waals surface area (Å²) in [7, 11) is -5.59. The molecule has 8 heteroatoms. The largest absolute Gasteiger partial charge is 0.375 e. The zero-order chi connectivity index (χ0) is 23.3. The minimum absolute atomic E-state index is 0.0108. The van der Waals surface area contributed by atoms with E-state index in [-0.39, 0.29) is 30.9 Å². The van der Waals surface area contributed by atoms with Crippen molar-refractivity contribution in [2.75, 3.05) is 16.7 Å². The molecule has 1 aliphatic heterocycles. The highest BCUT2D eigenvalue weighted by atomic mass is 32.2. The van der Waals surface area contributed by atoms with E-state index in [4.69, 9.17) is 4.74 Å². The predicted molar refractivity (Wildman–Crippen MR) is 131 cm³/mol. The lowest BCUT2D eigenvalue weighted by atomic mass is 9.95. The smallest absolute Gasteiger partial charge is 0.235 e. The van der Waals surface area contributed by atoms with Gasteiger partial charge in [0, 0.05) is 5.30 Å². The Morgan fingerprint density at radius 3 is 2.59 bits per heavy atom. The summed E-state index contributed by atoms with van der Waals surface area (Å²) in [5.41, 5.74) is 2.64. The van der Waals surface area contributed by atoms with Gasteiger partial charge in [-0.05, 0) is 53.6 Å². The predicted octanol–water partition coefficient (Wildman–Crippen LogP) is 4.27. The van der Waals surface area contributed by atoms with Gasteiger partial charge >= 0.3 is 0 Å². The molecule has 0 radical (unpaired) electrons. The zero-order valence-corrected chi connectivity index (χ0v) is 20.7. The molecule has 32 heavy (non-hydrogen) atoms. The van der Waals surface area contributed by atoms with Crippen molar-refractivity contribution in [2.45, 2.75) is 58.6 Å². The highest BCUT2D eigenvalue weighted by molar-refractivity contribution is 7.93. The van der Waals surface area contributed by atoms with Crippen LogP contribution in [0, 0.1) is 5.92 Å². The van der Waals surface area contributed by atoms with Gasteiger partial charge in [0.15, 0.2) is 8.38 Å². The molecular formula is C24H34NO5PS. The minimum Gasteiger partial charge on any atom is -0.375 e. The Morgan fingerprint density at radius 1 is 1.16 bits per heavy atom. The van der Waals surface area contributed by atoms with Crippen LogP contribution in [0.3, 0.4) is 0 Å². The summed E-state index contributed by atoms with van der Waals surface area (Å²) in [6, 6.07) is 14.6. The average molecular weight is 480 g/mol. The summed E-state index contributed by atoms with van der Waals surface area (Å²) in [6.07, 6.45) is 2.85. The van der Waals surface area contributed by atoms with Crippen LogP contribution in [0.1, 0.15) is 57.1 Å². The van der Waals surface area contributed by atoms with Crippen molar-refractivity contribution in [3.05, 3.63) is 59.7 Å². The molecule has 1 fully saturated rings. The number of benzene rings is 2. The first-order valence-electron chi connectivity index (χ1n) is 11.2. The van der Waals surface area contributed by atoms with Gasteiger partial charge in [0.2, 0.25) is 10.0 Å². The highest BCUT2D eigenvalue weighted by Crippen LogP contribution is 2.36. The second-order valence-corrected chi connectivity index (χ2v) is 11.8. The topological polar surface area (TPSA) is 87.1 Å². The zero-order valence-electron chi connectivity index (χ0n) is 19.0. The van der Waals surface area contributed by atoms with Crippen molar-refractivity contribution in [1.82, 2.24) is 0 Å². The van der Waals surface area contributed by atoms with Crippen LogP contribution in [0.2, 0.25) is 0 Å². The molecular weight excluding hydrogens is 445 g/mol. The van der Waals surface area contributed by atoms with Gasteiger partial charge in [0.05, 0.1) is 30.7 Å². The first-order valence-corrected chi connectivity index (χ1v) is 14.0. The van der Waals surface area contributed by atoms with Crippen LogP contribution in [0.5, 0.6) is 0 Å². The number of hydrogen-bond donors (Lipinski definition) is 2. The fraction of sp³-hybridized carbons (Fsp3) is 0.500. The third kappa shape index (κ3) is 6.09. The van der Waals surface area contributed by atoms with E-state index in [2.05, 4.69) is 20.8 Å². The van der Waals surface area contributed by atoms with Crippen LogP contribution in [0.15, 0.2) is 48.5 Å². The maximum absolute atomic E-state index is 13.2. The van der Waals surface area contributed by atoms with Crippen molar-refractivity contribution >= 4 is 29.4 Å². The van der Waals surface area contributed by atoms with E-state index in [0.29, 0.717) is 16.9 Å². The SMILES string of the molecule is CCCCC1CS(=O)(=O)N(c2cccc(C(C)C)c2)C1COCc1cccc(P(O)O)c1. The Bertz CT molecular complexity index is 995. The lowest BCUT2D eigenvalue weighted by Crippen LogP contribution is -2.39. The molecule has 2 aromatic rings. The Morgan fingerprint density at radius 2 is 1.91 bits per heavy atom. The maximum atomic E-state index is 13.2. The number of sulfonamides is 1. The molecule has 2 atom stereocenters. The van der Waals surface area contributed by atoms with Crippen molar-refractivity contribution in [1.29, 1.82) is 0 Å². The van der Waals surface area contributed by atoms with E-state index in [1.54, 1.807) is 22.5 Å².